The summed E-state index contributed by atoms with van der Waals surface area (Å²) in [6.45, 7) is 8.25. The molecule has 0 saturated carbocycles. The van der Waals surface area contributed by atoms with Gasteiger partial charge in [-0.05, 0) is 61.2 Å². The zero-order valence-corrected chi connectivity index (χ0v) is 20.1. The molecule has 0 aliphatic heterocycles. The number of para-hydroxylation sites is 1. The van der Waals surface area contributed by atoms with Crippen molar-refractivity contribution in [3.8, 4) is 17.1 Å². The molecule has 0 fully saturated rings. The van der Waals surface area contributed by atoms with Gasteiger partial charge in [-0.25, -0.2) is 9.67 Å². The van der Waals surface area contributed by atoms with Gasteiger partial charge in [0, 0.05) is 15.7 Å². The van der Waals surface area contributed by atoms with Crippen LogP contribution in [-0.2, 0) is 0 Å². The summed E-state index contributed by atoms with van der Waals surface area (Å²) in [6.07, 6.45) is 0. The van der Waals surface area contributed by atoms with Crippen molar-refractivity contribution in [1.29, 1.82) is 0 Å². The number of hydrogen-bond acceptors (Lipinski definition) is 3. The fourth-order valence-electron chi connectivity index (χ4n) is 3.65. The van der Waals surface area contributed by atoms with E-state index in [2.05, 4.69) is 45.2 Å². The van der Waals surface area contributed by atoms with E-state index in [1.807, 2.05) is 80.6 Å². The Kier molecular flexibility index (Phi) is 6.24. The molecular weight excluding hydrogens is 464 g/mol. The van der Waals surface area contributed by atoms with E-state index < -0.39 is 0 Å². The lowest BCUT2D eigenvalue weighted by atomic mass is 10.0. The van der Waals surface area contributed by atoms with Crippen LogP contribution in [0.15, 0.2) is 71.2 Å². The Morgan fingerprint density at radius 2 is 1.78 bits per heavy atom. The average molecular weight is 489 g/mol. The van der Waals surface area contributed by atoms with Crippen LogP contribution in [0.1, 0.15) is 47.1 Å². The van der Waals surface area contributed by atoms with Crippen LogP contribution >= 0.6 is 15.9 Å². The molecule has 32 heavy (non-hydrogen) atoms. The quantitative estimate of drug-likeness (QED) is 0.340. The molecule has 4 aromatic rings. The van der Waals surface area contributed by atoms with E-state index >= 15 is 0 Å². The number of aryl methyl sites for hydroxylation is 2. The largest absolute Gasteiger partial charge is 0.319 e. The maximum Gasteiger partial charge on any atom is 0.295 e. The van der Waals surface area contributed by atoms with Crippen molar-refractivity contribution in [2.45, 2.75) is 33.6 Å². The maximum absolute atomic E-state index is 13.2. The van der Waals surface area contributed by atoms with Gasteiger partial charge in [0.25, 0.3) is 5.91 Å². The Balaban J connectivity index is 1.78. The smallest absolute Gasteiger partial charge is 0.295 e. The van der Waals surface area contributed by atoms with Crippen molar-refractivity contribution < 1.29 is 4.79 Å². The first-order valence-corrected chi connectivity index (χ1v) is 11.3. The van der Waals surface area contributed by atoms with Gasteiger partial charge in [-0.2, -0.15) is 0 Å². The number of benzene rings is 3. The summed E-state index contributed by atoms with van der Waals surface area (Å²) in [5.74, 6) is 0.675. The number of nitrogens with one attached hydrogen (secondary N) is 1. The third kappa shape index (κ3) is 4.50. The molecule has 4 rings (SSSR count). The van der Waals surface area contributed by atoms with Gasteiger partial charge in [-0.3, -0.25) is 4.79 Å². The minimum absolute atomic E-state index is 0.127. The molecule has 1 amide bonds. The molecule has 0 spiro atoms. The van der Waals surface area contributed by atoms with E-state index in [-0.39, 0.29) is 17.6 Å². The van der Waals surface area contributed by atoms with Crippen LogP contribution in [0.4, 0.5) is 5.69 Å². The topological polar surface area (TPSA) is 59.8 Å². The van der Waals surface area contributed by atoms with Crippen molar-refractivity contribution in [2.75, 3.05) is 5.32 Å². The maximum atomic E-state index is 13.2. The highest BCUT2D eigenvalue weighted by Crippen LogP contribution is 2.29. The molecule has 0 aliphatic rings. The van der Waals surface area contributed by atoms with Crippen molar-refractivity contribution in [3.05, 3.63) is 93.7 Å². The number of nitrogens with zero attached hydrogens (tertiary/aromatic N) is 3. The number of hydrogen-bond donors (Lipinski definition) is 1. The molecular formula is C26H25BrN4O. The first-order chi connectivity index (χ1) is 15.3. The molecule has 3 aromatic carbocycles. The van der Waals surface area contributed by atoms with E-state index in [1.165, 1.54) is 0 Å². The molecule has 5 nitrogen and oxygen atoms in total. The number of carbonyl (C=O) groups is 1. The molecule has 6 heteroatoms. The summed E-state index contributed by atoms with van der Waals surface area (Å²) in [7, 11) is 0. The number of amides is 1. The summed E-state index contributed by atoms with van der Waals surface area (Å²) in [5.41, 5.74) is 5.77. The van der Waals surface area contributed by atoms with E-state index in [0.717, 1.165) is 38.1 Å². The number of aromatic nitrogens is 3. The lowest BCUT2D eigenvalue weighted by molar-refractivity contribution is 0.101. The van der Waals surface area contributed by atoms with Crippen LogP contribution in [0.3, 0.4) is 0 Å². The number of halogens is 1. The van der Waals surface area contributed by atoms with Crippen LogP contribution in [0.25, 0.3) is 17.1 Å². The normalized spacial score (nSPS) is 11.1. The van der Waals surface area contributed by atoms with E-state index in [0.29, 0.717) is 5.82 Å². The molecule has 0 atom stereocenters. The van der Waals surface area contributed by atoms with Gasteiger partial charge < -0.3 is 5.32 Å². The van der Waals surface area contributed by atoms with Crippen molar-refractivity contribution in [3.63, 3.8) is 0 Å². The minimum atomic E-state index is -0.338. The van der Waals surface area contributed by atoms with Gasteiger partial charge in [0.15, 0.2) is 5.82 Å². The molecule has 0 radical (unpaired) electrons. The van der Waals surface area contributed by atoms with Gasteiger partial charge in [0.05, 0.1) is 5.69 Å². The molecule has 162 valence electrons. The van der Waals surface area contributed by atoms with E-state index in [1.54, 1.807) is 4.68 Å². The second kappa shape index (κ2) is 9.09. The van der Waals surface area contributed by atoms with Crippen LogP contribution in [0, 0.1) is 13.8 Å². The van der Waals surface area contributed by atoms with Crippen LogP contribution in [0.5, 0.6) is 0 Å². The van der Waals surface area contributed by atoms with Gasteiger partial charge >= 0.3 is 0 Å². The lowest BCUT2D eigenvalue weighted by Crippen LogP contribution is -2.16. The van der Waals surface area contributed by atoms with Crippen LogP contribution in [0.2, 0.25) is 0 Å². The molecule has 0 saturated heterocycles. The number of rotatable bonds is 5. The fourth-order valence-corrected chi connectivity index (χ4v) is 4.03. The summed E-state index contributed by atoms with van der Waals surface area (Å²) in [4.78, 5) is 17.9. The van der Waals surface area contributed by atoms with E-state index in [4.69, 9.17) is 0 Å². The predicted molar refractivity (Wildman–Crippen MR) is 132 cm³/mol. The average Bonchev–Trinajstić information content (AvgIpc) is 3.20. The Morgan fingerprint density at radius 1 is 1.00 bits per heavy atom. The SMILES string of the molecule is Cc1cccc(-c2nc(C(=O)Nc3ccc(Br)cc3C(C)C)nn2-c2ccccc2C)c1. The van der Waals surface area contributed by atoms with Crippen molar-refractivity contribution in [2.24, 2.45) is 0 Å². The zero-order chi connectivity index (χ0) is 22.8. The third-order valence-corrected chi connectivity index (χ3v) is 5.81. The summed E-state index contributed by atoms with van der Waals surface area (Å²) in [6, 6.07) is 21.8. The summed E-state index contributed by atoms with van der Waals surface area (Å²) in [5, 5.41) is 7.63. The highest BCUT2D eigenvalue weighted by Gasteiger charge is 2.21. The third-order valence-electron chi connectivity index (χ3n) is 5.31. The molecule has 1 N–H and O–H groups in total. The zero-order valence-electron chi connectivity index (χ0n) is 18.6. The van der Waals surface area contributed by atoms with Gasteiger partial charge in [-0.1, -0.05) is 71.7 Å². The van der Waals surface area contributed by atoms with Crippen LogP contribution in [-0.4, -0.2) is 20.7 Å². The number of anilines is 1. The molecule has 0 aliphatic carbocycles. The van der Waals surface area contributed by atoms with Crippen LogP contribution < -0.4 is 5.32 Å². The van der Waals surface area contributed by atoms with Crippen molar-refractivity contribution >= 4 is 27.5 Å². The van der Waals surface area contributed by atoms with Crippen molar-refractivity contribution in [1.82, 2.24) is 14.8 Å². The molecule has 1 heterocycles. The minimum Gasteiger partial charge on any atom is -0.319 e. The van der Waals surface area contributed by atoms with Gasteiger partial charge in [-0.15, -0.1) is 5.10 Å². The van der Waals surface area contributed by atoms with E-state index in [9.17, 15) is 4.79 Å². The Bertz CT molecular complexity index is 1290. The molecule has 0 bridgehead atoms. The van der Waals surface area contributed by atoms with Gasteiger partial charge in [0.2, 0.25) is 5.82 Å². The van der Waals surface area contributed by atoms with Gasteiger partial charge in [0.1, 0.15) is 0 Å². The molecule has 1 aromatic heterocycles. The Morgan fingerprint density at radius 3 is 2.50 bits per heavy atom. The summed E-state index contributed by atoms with van der Waals surface area (Å²) >= 11 is 3.51. The predicted octanol–water partition coefficient (Wildman–Crippen LogP) is 6.69. The molecule has 0 unspecified atom stereocenters. The first kappa shape index (κ1) is 22.0. The summed E-state index contributed by atoms with van der Waals surface area (Å²) < 4.78 is 2.73. The first-order valence-electron chi connectivity index (χ1n) is 10.5. The number of carbonyl (C=O) groups excluding carboxylic acids is 1. The standard InChI is InChI=1S/C26H25BrN4O/c1-16(2)21-15-20(27)12-13-22(21)28-26(32)24-29-25(19-10-7-8-17(3)14-19)31(30-24)23-11-6-5-9-18(23)4/h5-16H,1-4H3,(H,28,32). The fraction of sp³-hybridized carbons (Fsp3) is 0.192. The highest BCUT2D eigenvalue weighted by atomic mass is 79.9. The Hall–Kier alpha value is -3.25. The second-order valence-electron chi connectivity index (χ2n) is 8.17. The lowest BCUT2D eigenvalue weighted by Gasteiger charge is -2.13. The monoisotopic (exact) mass is 488 g/mol. The Labute approximate surface area is 196 Å². The second-order valence-corrected chi connectivity index (χ2v) is 9.08. The highest BCUT2D eigenvalue weighted by molar-refractivity contribution is 9.10.